The summed E-state index contributed by atoms with van der Waals surface area (Å²) in [5, 5.41) is 0.749. The first-order chi connectivity index (χ1) is 17.8. The molecule has 5 rings (SSSR count). The molecule has 3 aliphatic rings. The van der Waals surface area contributed by atoms with E-state index in [1.807, 2.05) is 17.2 Å². The summed E-state index contributed by atoms with van der Waals surface area (Å²) in [5.74, 6) is -0.145. The zero-order valence-electron chi connectivity index (χ0n) is 21.4. The van der Waals surface area contributed by atoms with Crippen molar-refractivity contribution in [3.05, 3.63) is 60.2 Å². The van der Waals surface area contributed by atoms with Crippen molar-refractivity contribution in [3.8, 4) is 0 Å². The summed E-state index contributed by atoms with van der Waals surface area (Å²) < 4.78 is 7.06. The van der Waals surface area contributed by atoms with Crippen LogP contribution in [0.4, 0.5) is 0 Å². The van der Waals surface area contributed by atoms with Crippen LogP contribution in [0.3, 0.4) is 0 Å². The number of aryl methyl sites for hydroxylation is 1. The summed E-state index contributed by atoms with van der Waals surface area (Å²) in [6, 6.07) is 4.13. The summed E-state index contributed by atoms with van der Waals surface area (Å²) in [6.07, 6.45) is 9.28. The van der Waals surface area contributed by atoms with Crippen molar-refractivity contribution >= 4 is 55.3 Å². The number of pyridine rings is 1. The molecule has 5 nitrogen and oxygen atoms in total. The van der Waals surface area contributed by atoms with E-state index in [2.05, 4.69) is 44.8 Å². The molecular weight excluding hydrogens is 620 g/mol. The third-order valence-corrected chi connectivity index (χ3v) is 10.2. The van der Waals surface area contributed by atoms with Crippen LogP contribution in [0.15, 0.2) is 27.3 Å². The van der Waals surface area contributed by atoms with Crippen LogP contribution in [0.25, 0.3) is 0 Å². The normalized spacial score (nSPS) is 23.5. The summed E-state index contributed by atoms with van der Waals surface area (Å²) in [7, 11) is 1.40. The standard InChI is InChI=1S/C29H33Br2ClN2O3/c1-3-4-19-20-6-5-17-13-18(32)14-23(30)25(17)26(27(20)33-15-24(19)31)16-9-11-34(12-10-16)28(35)21-7-8-22(21)29(36)37-2/h13-16,21-22,26H,3-12H2,1-2H3/t21?,22?,26-/m1/s1. The lowest BCUT2D eigenvalue weighted by Gasteiger charge is -2.41. The zero-order valence-corrected chi connectivity index (χ0v) is 25.3. The second-order valence-corrected chi connectivity index (χ2v) is 12.8. The van der Waals surface area contributed by atoms with E-state index >= 15 is 0 Å². The molecule has 1 aliphatic heterocycles. The van der Waals surface area contributed by atoms with Crippen molar-refractivity contribution in [2.45, 2.75) is 64.2 Å². The maximum absolute atomic E-state index is 13.3. The van der Waals surface area contributed by atoms with Crippen LogP contribution in [0.2, 0.25) is 5.02 Å². The number of methoxy groups -OCH3 is 1. The van der Waals surface area contributed by atoms with Gasteiger partial charge in [-0.25, -0.2) is 0 Å². The molecule has 8 heteroatoms. The summed E-state index contributed by atoms with van der Waals surface area (Å²) >= 11 is 14.1. The van der Waals surface area contributed by atoms with Crippen molar-refractivity contribution in [2.75, 3.05) is 20.2 Å². The molecule has 0 N–H and O–H groups in total. The summed E-state index contributed by atoms with van der Waals surface area (Å²) in [4.78, 5) is 32.4. The third-order valence-electron chi connectivity index (χ3n) is 8.63. The number of hydrogen-bond acceptors (Lipinski definition) is 4. The Morgan fingerprint density at radius 1 is 1.08 bits per heavy atom. The number of fused-ring (bicyclic) bond motifs is 2. The van der Waals surface area contributed by atoms with Gasteiger partial charge in [-0.15, -0.1) is 0 Å². The highest BCUT2D eigenvalue weighted by Crippen LogP contribution is 2.47. The molecule has 2 unspecified atom stereocenters. The Hall–Kier alpha value is -1.44. The molecule has 1 saturated carbocycles. The van der Waals surface area contributed by atoms with E-state index < -0.39 is 0 Å². The minimum Gasteiger partial charge on any atom is -0.469 e. The lowest BCUT2D eigenvalue weighted by molar-refractivity contribution is -0.159. The first-order valence-corrected chi connectivity index (χ1v) is 15.3. The van der Waals surface area contributed by atoms with E-state index in [1.165, 1.54) is 35.1 Å². The monoisotopic (exact) mass is 650 g/mol. The Morgan fingerprint density at radius 3 is 2.46 bits per heavy atom. The Kier molecular flexibility index (Phi) is 8.33. The molecule has 37 heavy (non-hydrogen) atoms. The number of aromatic nitrogens is 1. The van der Waals surface area contributed by atoms with Crippen LogP contribution in [0, 0.1) is 17.8 Å². The van der Waals surface area contributed by atoms with Crippen molar-refractivity contribution in [1.29, 1.82) is 0 Å². The lowest BCUT2D eigenvalue weighted by atomic mass is 9.72. The molecule has 3 atom stereocenters. The Balaban J connectivity index is 1.45. The molecule has 1 saturated heterocycles. The molecule has 2 aromatic rings. The number of halogens is 3. The van der Waals surface area contributed by atoms with Gasteiger partial charge in [0.2, 0.25) is 5.91 Å². The second kappa shape index (κ2) is 11.4. The van der Waals surface area contributed by atoms with Crippen LogP contribution in [-0.2, 0) is 33.6 Å². The maximum atomic E-state index is 13.3. The average molecular weight is 653 g/mol. The highest BCUT2D eigenvalue weighted by molar-refractivity contribution is 9.10. The van der Waals surface area contributed by atoms with Crippen molar-refractivity contribution < 1.29 is 14.3 Å². The number of amides is 1. The lowest BCUT2D eigenvalue weighted by Crippen LogP contribution is -2.49. The minimum absolute atomic E-state index is 0.113. The zero-order chi connectivity index (χ0) is 26.3. The summed E-state index contributed by atoms with van der Waals surface area (Å²) in [5.41, 5.74) is 6.51. The van der Waals surface area contributed by atoms with E-state index in [1.54, 1.807) is 0 Å². The molecule has 198 valence electrons. The van der Waals surface area contributed by atoms with Crippen LogP contribution in [0.5, 0.6) is 0 Å². The molecule has 1 aromatic carbocycles. The molecule has 0 bridgehead atoms. The summed E-state index contributed by atoms with van der Waals surface area (Å²) in [6.45, 7) is 3.63. The van der Waals surface area contributed by atoms with E-state index in [0.29, 0.717) is 19.0 Å². The highest BCUT2D eigenvalue weighted by Gasteiger charge is 2.45. The van der Waals surface area contributed by atoms with Gasteiger partial charge in [0, 0.05) is 39.2 Å². The van der Waals surface area contributed by atoms with Gasteiger partial charge in [-0.1, -0.05) is 40.9 Å². The van der Waals surface area contributed by atoms with Gasteiger partial charge >= 0.3 is 5.97 Å². The van der Waals surface area contributed by atoms with Gasteiger partial charge in [0.1, 0.15) is 0 Å². The number of esters is 1. The molecule has 2 heterocycles. The van der Waals surface area contributed by atoms with Crippen LogP contribution < -0.4 is 0 Å². The van der Waals surface area contributed by atoms with Crippen LogP contribution in [-0.4, -0.2) is 42.0 Å². The first kappa shape index (κ1) is 27.1. The highest BCUT2D eigenvalue weighted by atomic mass is 79.9. The molecule has 2 fully saturated rings. The Bertz CT molecular complexity index is 1210. The molecule has 0 spiro atoms. The van der Waals surface area contributed by atoms with Gasteiger partial charge in [-0.05, 0) is 101 Å². The van der Waals surface area contributed by atoms with Gasteiger partial charge < -0.3 is 9.64 Å². The number of hydrogen-bond donors (Lipinski definition) is 0. The number of rotatable bonds is 5. The van der Waals surface area contributed by atoms with E-state index in [-0.39, 0.29) is 29.6 Å². The van der Waals surface area contributed by atoms with Gasteiger partial charge in [0.25, 0.3) is 0 Å². The second-order valence-electron chi connectivity index (χ2n) is 10.6. The van der Waals surface area contributed by atoms with Crippen LogP contribution >= 0.6 is 43.5 Å². The van der Waals surface area contributed by atoms with E-state index in [0.717, 1.165) is 65.3 Å². The SMILES string of the molecule is CCCc1c(Br)cnc2c1CCc1cc(Cl)cc(Br)c1[C@H]2C1CCN(C(=O)C2CCC2C(=O)OC)CC1. The quantitative estimate of drug-likeness (QED) is 0.331. The number of piperidine rings is 1. The molecule has 0 radical (unpaired) electrons. The maximum Gasteiger partial charge on any atom is 0.309 e. The fraction of sp³-hybridized carbons (Fsp3) is 0.552. The van der Waals surface area contributed by atoms with Crippen molar-refractivity contribution in [3.63, 3.8) is 0 Å². The Labute approximate surface area is 240 Å². The molecule has 1 aromatic heterocycles. The topological polar surface area (TPSA) is 59.5 Å². The predicted molar refractivity (Wildman–Crippen MR) is 152 cm³/mol. The predicted octanol–water partition coefficient (Wildman–Crippen LogP) is 6.88. The molecule has 2 aliphatic carbocycles. The van der Waals surface area contributed by atoms with Crippen molar-refractivity contribution in [2.24, 2.45) is 17.8 Å². The van der Waals surface area contributed by atoms with Gasteiger partial charge in [0.15, 0.2) is 0 Å². The van der Waals surface area contributed by atoms with Crippen molar-refractivity contribution in [1.82, 2.24) is 9.88 Å². The number of nitrogens with zero attached hydrogens (tertiary/aromatic N) is 2. The largest absolute Gasteiger partial charge is 0.469 e. The number of carbonyl (C=O) groups excluding carboxylic acids is 2. The number of benzene rings is 1. The van der Waals surface area contributed by atoms with Gasteiger partial charge in [-0.3, -0.25) is 14.6 Å². The smallest absolute Gasteiger partial charge is 0.309 e. The molecular formula is C29H33Br2ClN2O3. The fourth-order valence-corrected chi connectivity index (χ4v) is 8.27. The minimum atomic E-state index is -0.281. The van der Waals surface area contributed by atoms with Crippen LogP contribution in [0.1, 0.15) is 72.9 Å². The van der Waals surface area contributed by atoms with Gasteiger partial charge in [0.05, 0.1) is 24.6 Å². The third kappa shape index (κ3) is 5.12. The molecule has 1 amide bonds. The fourth-order valence-electron chi connectivity index (χ4n) is 6.61. The number of ether oxygens (including phenoxy) is 1. The van der Waals surface area contributed by atoms with E-state index in [4.69, 9.17) is 21.3 Å². The average Bonchev–Trinajstić information content (AvgIpc) is 3.02. The van der Waals surface area contributed by atoms with Gasteiger partial charge in [-0.2, -0.15) is 0 Å². The Morgan fingerprint density at radius 2 is 1.81 bits per heavy atom. The van der Waals surface area contributed by atoms with E-state index in [9.17, 15) is 9.59 Å². The first-order valence-electron chi connectivity index (χ1n) is 13.3. The number of likely N-dealkylation sites (tertiary alicyclic amines) is 1. The number of carbonyl (C=O) groups is 2.